The number of hydrogen-bond donors (Lipinski definition) is 1. The van der Waals surface area contributed by atoms with Gasteiger partial charge in [0.25, 0.3) is 5.91 Å². The second kappa shape index (κ2) is 12.7. The van der Waals surface area contributed by atoms with Gasteiger partial charge in [-0.2, -0.15) is 0 Å². The van der Waals surface area contributed by atoms with E-state index in [9.17, 15) is 14.0 Å². The smallest absolute Gasteiger partial charge is 0.260 e. The van der Waals surface area contributed by atoms with Gasteiger partial charge in [0.15, 0.2) is 0 Å². The summed E-state index contributed by atoms with van der Waals surface area (Å²) < 4.78 is 14.1. The van der Waals surface area contributed by atoms with E-state index in [1.165, 1.54) is 6.07 Å². The first kappa shape index (κ1) is 28.0. The zero-order chi connectivity index (χ0) is 27.4. The lowest BCUT2D eigenvalue weighted by molar-refractivity contribution is -0.131. The van der Waals surface area contributed by atoms with Gasteiger partial charge in [0.1, 0.15) is 5.82 Å². The molecule has 2 aromatic carbocycles. The number of halogens is 2. The van der Waals surface area contributed by atoms with Gasteiger partial charge in [0, 0.05) is 62.0 Å². The molecule has 1 N–H and O–H groups in total. The first-order valence-corrected chi connectivity index (χ1v) is 15.1. The highest BCUT2D eigenvalue weighted by molar-refractivity contribution is 8.04. The fraction of sp³-hybridized carbons (Fsp3) is 0.467. The summed E-state index contributed by atoms with van der Waals surface area (Å²) in [5.41, 5.74) is 1.53. The Balaban J connectivity index is 1.05. The summed E-state index contributed by atoms with van der Waals surface area (Å²) in [6.45, 7) is 4.94. The summed E-state index contributed by atoms with van der Waals surface area (Å²) in [6.07, 6.45) is 5.20. The van der Waals surface area contributed by atoms with Gasteiger partial charge in [-0.25, -0.2) is 4.39 Å². The number of hydrogen-bond acceptors (Lipinski definition) is 5. The van der Waals surface area contributed by atoms with E-state index in [0.29, 0.717) is 28.6 Å². The molecule has 5 rings (SSSR count). The van der Waals surface area contributed by atoms with Crippen molar-refractivity contribution >= 4 is 46.9 Å². The molecule has 0 bridgehead atoms. The van der Waals surface area contributed by atoms with E-state index in [-0.39, 0.29) is 34.8 Å². The molecule has 6 nitrogen and oxygen atoms in total. The molecule has 0 spiro atoms. The van der Waals surface area contributed by atoms with Gasteiger partial charge >= 0.3 is 0 Å². The number of thioether (sulfide) groups is 1. The van der Waals surface area contributed by atoms with Gasteiger partial charge in [-0.1, -0.05) is 41.9 Å². The molecule has 0 radical (unpaired) electrons. The third-order valence-electron chi connectivity index (χ3n) is 8.14. The van der Waals surface area contributed by atoms with Crippen molar-refractivity contribution in [1.29, 1.82) is 0 Å². The van der Waals surface area contributed by atoms with Crippen molar-refractivity contribution in [2.24, 2.45) is 5.92 Å². The Morgan fingerprint density at radius 2 is 1.85 bits per heavy atom. The van der Waals surface area contributed by atoms with Crippen molar-refractivity contribution in [2.75, 3.05) is 51.2 Å². The standard InChI is InChI=1S/C30H36ClFN4O2S/c1-34-26-19-22(11-12-27(26)39-28(30(34)38)20-21-7-2-3-8-23(21)31)29(37)33-13-6-14-35-15-17-36(18-16-35)25-10-5-4-9-24(25)32/h2-5,7-10,20,22,26-27H,6,11-19H2,1H3,(H,33,37)/b28-20-. The van der Waals surface area contributed by atoms with Crippen LogP contribution < -0.4 is 10.2 Å². The molecule has 0 aromatic heterocycles. The van der Waals surface area contributed by atoms with Crippen molar-refractivity contribution in [3.05, 3.63) is 69.8 Å². The van der Waals surface area contributed by atoms with Crippen molar-refractivity contribution in [2.45, 2.75) is 37.0 Å². The molecule has 208 valence electrons. The number of nitrogens with one attached hydrogen (secondary N) is 1. The molecule has 2 heterocycles. The Labute approximate surface area is 239 Å². The molecule has 1 aliphatic carbocycles. The molecular formula is C30H36ClFN4O2S. The predicted octanol–water partition coefficient (Wildman–Crippen LogP) is 4.89. The lowest BCUT2D eigenvalue weighted by Crippen LogP contribution is -2.52. The van der Waals surface area contributed by atoms with Crippen molar-refractivity contribution in [3.63, 3.8) is 0 Å². The van der Waals surface area contributed by atoms with Crippen molar-refractivity contribution in [1.82, 2.24) is 15.1 Å². The first-order chi connectivity index (χ1) is 18.9. The van der Waals surface area contributed by atoms with E-state index < -0.39 is 0 Å². The maximum absolute atomic E-state index is 14.1. The summed E-state index contributed by atoms with van der Waals surface area (Å²) in [7, 11) is 1.85. The Morgan fingerprint density at radius 1 is 1.10 bits per heavy atom. The number of carbonyl (C=O) groups excluding carboxylic acids is 2. The number of piperazine rings is 1. The largest absolute Gasteiger partial charge is 0.367 e. The summed E-state index contributed by atoms with van der Waals surface area (Å²) in [5, 5.41) is 4.06. The van der Waals surface area contributed by atoms with Crippen LogP contribution in [0.1, 0.15) is 31.2 Å². The average Bonchev–Trinajstić information content (AvgIpc) is 2.95. The van der Waals surface area contributed by atoms with Gasteiger partial charge < -0.3 is 15.1 Å². The quantitative estimate of drug-likeness (QED) is 0.379. The number of benzene rings is 2. The summed E-state index contributed by atoms with van der Waals surface area (Å²) >= 11 is 7.94. The summed E-state index contributed by atoms with van der Waals surface area (Å²) in [4.78, 5) is 33.1. The molecule has 2 saturated heterocycles. The molecule has 3 atom stereocenters. The van der Waals surface area contributed by atoms with E-state index in [0.717, 1.165) is 57.5 Å². The molecule has 1 saturated carbocycles. The number of fused-ring (bicyclic) bond motifs is 1. The highest BCUT2D eigenvalue weighted by Gasteiger charge is 2.42. The van der Waals surface area contributed by atoms with Crippen LogP contribution in [0.25, 0.3) is 6.08 Å². The van der Waals surface area contributed by atoms with Gasteiger partial charge in [-0.05, 0) is 62.1 Å². The molecule has 3 aliphatic rings. The number of rotatable bonds is 7. The topological polar surface area (TPSA) is 55.9 Å². The van der Waals surface area contributed by atoms with E-state index in [4.69, 9.17) is 11.6 Å². The Bertz CT molecular complexity index is 1220. The highest BCUT2D eigenvalue weighted by atomic mass is 35.5. The zero-order valence-electron chi connectivity index (χ0n) is 22.3. The Morgan fingerprint density at radius 3 is 2.62 bits per heavy atom. The lowest BCUT2D eigenvalue weighted by Gasteiger charge is -2.44. The lowest BCUT2D eigenvalue weighted by atomic mass is 9.83. The van der Waals surface area contributed by atoms with E-state index in [2.05, 4.69) is 15.1 Å². The third-order valence-corrected chi connectivity index (χ3v) is 9.88. The van der Waals surface area contributed by atoms with Crippen molar-refractivity contribution < 1.29 is 14.0 Å². The van der Waals surface area contributed by atoms with E-state index >= 15 is 0 Å². The minimum Gasteiger partial charge on any atom is -0.367 e. The summed E-state index contributed by atoms with van der Waals surface area (Å²) in [5.74, 6) is -0.141. The fourth-order valence-corrected chi connectivity index (χ4v) is 7.51. The molecule has 9 heteroatoms. The van der Waals surface area contributed by atoms with Crippen LogP contribution >= 0.6 is 23.4 Å². The second-order valence-electron chi connectivity index (χ2n) is 10.6. The van der Waals surface area contributed by atoms with E-state index in [1.807, 2.05) is 54.4 Å². The number of likely N-dealkylation sites (N-methyl/N-ethyl adjacent to an activating group) is 1. The van der Waals surface area contributed by atoms with Gasteiger partial charge in [0.2, 0.25) is 5.91 Å². The molecule has 3 fully saturated rings. The molecule has 39 heavy (non-hydrogen) atoms. The van der Waals surface area contributed by atoms with Crippen LogP contribution in [0.5, 0.6) is 0 Å². The zero-order valence-corrected chi connectivity index (χ0v) is 23.9. The summed E-state index contributed by atoms with van der Waals surface area (Å²) in [6, 6.07) is 14.5. The highest BCUT2D eigenvalue weighted by Crippen LogP contribution is 2.43. The van der Waals surface area contributed by atoms with Gasteiger partial charge in [-0.15, -0.1) is 11.8 Å². The molecule has 2 aliphatic heterocycles. The monoisotopic (exact) mass is 570 g/mol. The third kappa shape index (κ3) is 6.61. The van der Waals surface area contributed by atoms with Gasteiger partial charge in [-0.3, -0.25) is 14.5 Å². The molecule has 2 aromatic rings. The average molecular weight is 571 g/mol. The maximum Gasteiger partial charge on any atom is 0.260 e. The van der Waals surface area contributed by atoms with Crippen LogP contribution in [0.4, 0.5) is 10.1 Å². The number of nitrogens with zero attached hydrogens (tertiary/aromatic N) is 3. The normalized spacial score (nSPS) is 25.1. The SMILES string of the molecule is CN1C(=O)/C(=C/c2ccccc2Cl)SC2CCC(C(=O)NCCCN3CCN(c4ccccc4F)CC3)CC21. The van der Waals surface area contributed by atoms with Crippen LogP contribution in [0.2, 0.25) is 5.02 Å². The minimum atomic E-state index is -0.168. The van der Waals surface area contributed by atoms with Crippen LogP contribution in [0.3, 0.4) is 0 Å². The number of anilines is 1. The number of amides is 2. The fourth-order valence-electron chi connectivity index (χ4n) is 5.85. The van der Waals surface area contributed by atoms with Crippen LogP contribution in [0, 0.1) is 11.7 Å². The molecular weight excluding hydrogens is 535 g/mol. The Kier molecular flexibility index (Phi) is 9.15. The van der Waals surface area contributed by atoms with E-state index in [1.54, 1.807) is 17.8 Å². The Hall–Kier alpha value is -2.55. The van der Waals surface area contributed by atoms with Gasteiger partial charge in [0.05, 0.1) is 10.6 Å². The van der Waals surface area contributed by atoms with Crippen molar-refractivity contribution in [3.8, 4) is 0 Å². The minimum absolute atomic E-state index is 0.00247. The maximum atomic E-state index is 14.1. The molecule has 2 amide bonds. The first-order valence-electron chi connectivity index (χ1n) is 13.8. The van der Waals surface area contributed by atoms with Crippen LogP contribution in [-0.2, 0) is 9.59 Å². The molecule has 3 unspecified atom stereocenters. The number of para-hydroxylation sites is 1. The second-order valence-corrected chi connectivity index (χ2v) is 12.3. The van der Waals surface area contributed by atoms with Crippen LogP contribution in [-0.4, -0.2) is 79.2 Å². The number of carbonyl (C=O) groups is 2. The van der Waals surface area contributed by atoms with Crippen LogP contribution in [0.15, 0.2) is 53.4 Å². The predicted molar refractivity (Wildman–Crippen MR) is 157 cm³/mol.